The molecule has 0 bridgehead atoms. The van der Waals surface area contributed by atoms with Gasteiger partial charge in [-0.15, -0.1) is 0 Å². The second-order valence-corrected chi connectivity index (χ2v) is 6.60. The number of carboxylic acid groups (broad SMARTS) is 1. The molecule has 0 aromatic heterocycles. The third kappa shape index (κ3) is 3.53. The van der Waals surface area contributed by atoms with Crippen molar-refractivity contribution < 1.29 is 24.2 Å². The molecular weight excluding hydrogens is 310 g/mol. The number of ether oxygens (including phenoxy) is 2. The second kappa shape index (κ2) is 6.81. The quantitative estimate of drug-likeness (QED) is 0.892. The van der Waals surface area contributed by atoms with Crippen LogP contribution < -0.4 is 4.74 Å². The monoisotopic (exact) mass is 333 g/mol. The molecule has 1 aliphatic heterocycles. The number of carbonyl (C=O) groups excluding carboxylic acids is 1. The smallest absolute Gasteiger partial charge is 0.341 e. The van der Waals surface area contributed by atoms with Crippen molar-refractivity contribution in [3.05, 3.63) is 28.8 Å². The van der Waals surface area contributed by atoms with Crippen molar-refractivity contribution in [3.63, 3.8) is 0 Å². The Morgan fingerprint density at radius 3 is 2.54 bits per heavy atom. The number of aryl methyl sites for hydroxylation is 2. The molecule has 0 spiro atoms. The second-order valence-electron chi connectivity index (χ2n) is 6.60. The lowest BCUT2D eigenvalue weighted by Crippen LogP contribution is -2.49. The number of amides is 1. The molecule has 3 rings (SSSR count). The van der Waals surface area contributed by atoms with Gasteiger partial charge in [-0.25, -0.2) is 4.79 Å². The Morgan fingerprint density at radius 2 is 1.96 bits per heavy atom. The van der Waals surface area contributed by atoms with Crippen molar-refractivity contribution in [1.29, 1.82) is 0 Å². The normalized spacial score (nSPS) is 20.8. The van der Waals surface area contributed by atoms with Crippen LogP contribution in [0.15, 0.2) is 12.1 Å². The van der Waals surface area contributed by atoms with Crippen LogP contribution in [-0.4, -0.2) is 54.3 Å². The number of hydrogen-bond acceptors (Lipinski definition) is 4. The van der Waals surface area contributed by atoms with Crippen molar-refractivity contribution in [3.8, 4) is 5.75 Å². The van der Waals surface area contributed by atoms with Crippen molar-refractivity contribution in [2.45, 2.75) is 32.7 Å². The number of hydrogen-bond donors (Lipinski definition) is 1. The van der Waals surface area contributed by atoms with E-state index in [1.807, 2.05) is 18.7 Å². The topological polar surface area (TPSA) is 76.1 Å². The third-order valence-corrected chi connectivity index (χ3v) is 4.64. The zero-order valence-corrected chi connectivity index (χ0v) is 14.1. The third-order valence-electron chi connectivity index (χ3n) is 4.64. The van der Waals surface area contributed by atoms with Crippen LogP contribution >= 0.6 is 0 Å². The molecule has 0 radical (unpaired) electrons. The molecule has 2 aliphatic rings. The van der Waals surface area contributed by atoms with E-state index >= 15 is 0 Å². The van der Waals surface area contributed by atoms with Crippen molar-refractivity contribution in [1.82, 2.24) is 4.90 Å². The lowest BCUT2D eigenvalue weighted by Gasteiger charge is -2.36. The van der Waals surface area contributed by atoms with Crippen LogP contribution in [0.25, 0.3) is 0 Å². The zero-order chi connectivity index (χ0) is 17.3. The van der Waals surface area contributed by atoms with Crippen LogP contribution in [0.4, 0.5) is 0 Å². The molecule has 1 aromatic rings. The molecular formula is C18H23NO5. The zero-order valence-electron chi connectivity index (χ0n) is 14.1. The van der Waals surface area contributed by atoms with E-state index in [4.69, 9.17) is 14.6 Å². The van der Waals surface area contributed by atoms with Gasteiger partial charge in [-0.1, -0.05) is 0 Å². The van der Waals surface area contributed by atoms with Gasteiger partial charge < -0.3 is 19.5 Å². The predicted molar refractivity (Wildman–Crippen MR) is 87.4 cm³/mol. The minimum Gasteiger partial charge on any atom is -0.481 e. The number of rotatable bonds is 5. The summed E-state index contributed by atoms with van der Waals surface area (Å²) in [6.07, 6.45) is 2.33. The van der Waals surface area contributed by atoms with E-state index < -0.39 is 5.97 Å². The molecule has 1 unspecified atom stereocenters. The maximum Gasteiger partial charge on any atom is 0.341 e. The van der Waals surface area contributed by atoms with E-state index in [0.29, 0.717) is 37.0 Å². The Bertz CT molecular complexity index is 630. The lowest BCUT2D eigenvalue weighted by atomic mass is 10.0. The van der Waals surface area contributed by atoms with E-state index in [0.717, 1.165) is 24.0 Å². The molecule has 1 aliphatic carbocycles. The molecule has 2 fully saturated rings. The molecule has 1 saturated heterocycles. The van der Waals surface area contributed by atoms with Crippen molar-refractivity contribution >= 4 is 11.9 Å². The maximum absolute atomic E-state index is 13.0. The first-order valence-corrected chi connectivity index (χ1v) is 8.32. The highest BCUT2D eigenvalue weighted by atomic mass is 16.5. The van der Waals surface area contributed by atoms with Crippen LogP contribution in [0.3, 0.4) is 0 Å². The lowest BCUT2D eigenvalue weighted by molar-refractivity contribution is -0.139. The van der Waals surface area contributed by atoms with Gasteiger partial charge in [0, 0.05) is 12.1 Å². The summed E-state index contributed by atoms with van der Waals surface area (Å²) in [6, 6.07) is 3.74. The molecule has 1 heterocycles. The minimum absolute atomic E-state index is 0.0196. The first-order valence-electron chi connectivity index (χ1n) is 8.32. The van der Waals surface area contributed by atoms with Gasteiger partial charge in [0.15, 0.2) is 6.61 Å². The number of benzene rings is 1. The van der Waals surface area contributed by atoms with Gasteiger partial charge in [-0.05, 0) is 55.9 Å². The summed E-state index contributed by atoms with van der Waals surface area (Å²) in [7, 11) is 0. The number of carbonyl (C=O) groups is 2. The Hall–Kier alpha value is -2.08. The molecule has 24 heavy (non-hydrogen) atoms. The molecule has 1 amide bonds. The van der Waals surface area contributed by atoms with Gasteiger partial charge in [0.1, 0.15) is 5.75 Å². The number of carboxylic acids is 1. The summed E-state index contributed by atoms with van der Waals surface area (Å²) >= 11 is 0. The highest BCUT2D eigenvalue weighted by molar-refractivity contribution is 5.95. The van der Waals surface area contributed by atoms with E-state index in [9.17, 15) is 9.59 Å². The average Bonchev–Trinajstić information content (AvgIpc) is 3.37. The minimum atomic E-state index is -1.02. The average molecular weight is 333 g/mol. The Balaban J connectivity index is 1.80. The van der Waals surface area contributed by atoms with Gasteiger partial charge in [0.05, 0.1) is 19.3 Å². The Labute approximate surface area is 141 Å². The molecule has 1 N–H and O–H groups in total. The standard InChI is InChI=1S/C18H23NO5/c1-11-7-14(8-12(2)17(11)24-10-16(20)21)18(22)19-5-6-23-9-15(19)13-3-4-13/h7-8,13,15H,3-6,9-10H2,1-2H3,(H,20,21). The molecule has 1 saturated carbocycles. The Kier molecular flexibility index (Phi) is 4.76. The number of morpholine rings is 1. The van der Waals surface area contributed by atoms with Crippen molar-refractivity contribution in [2.24, 2.45) is 5.92 Å². The van der Waals surface area contributed by atoms with Crippen LogP contribution in [0.1, 0.15) is 34.3 Å². The fourth-order valence-corrected chi connectivity index (χ4v) is 3.35. The SMILES string of the molecule is Cc1cc(C(=O)N2CCOCC2C2CC2)cc(C)c1OCC(=O)O. The molecule has 1 atom stereocenters. The van der Waals surface area contributed by atoms with Gasteiger partial charge >= 0.3 is 5.97 Å². The Morgan fingerprint density at radius 1 is 1.29 bits per heavy atom. The number of aliphatic carboxylic acids is 1. The van der Waals surface area contributed by atoms with Crippen LogP contribution in [-0.2, 0) is 9.53 Å². The summed E-state index contributed by atoms with van der Waals surface area (Å²) in [6.45, 7) is 5.09. The van der Waals surface area contributed by atoms with E-state index in [1.165, 1.54) is 0 Å². The summed E-state index contributed by atoms with van der Waals surface area (Å²) in [5.74, 6) is 0.102. The number of nitrogens with zero attached hydrogens (tertiary/aromatic N) is 1. The summed E-state index contributed by atoms with van der Waals surface area (Å²) in [4.78, 5) is 25.6. The van der Waals surface area contributed by atoms with E-state index in [1.54, 1.807) is 12.1 Å². The molecule has 6 heteroatoms. The van der Waals surface area contributed by atoms with Crippen LogP contribution in [0.5, 0.6) is 5.75 Å². The van der Waals surface area contributed by atoms with Gasteiger partial charge in [0.25, 0.3) is 5.91 Å². The van der Waals surface area contributed by atoms with Gasteiger partial charge in [-0.3, -0.25) is 4.79 Å². The molecule has 6 nitrogen and oxygen atoms in total. The van der Waals surface area contributed by atoms with Crippen LogP contribution in [0, 0.1) is 19.8 Å². The highest BCUT2D eigenvalue weighted by Crippen LogP contribution is 2.37. The first-order chi connectivity index (χ1) is 11.5. The molecule has 130 valence electrons. The fraction of sp³-hybridized carbons (Fsp3) is 0.556. The summed E-state index contributed by atoms with van der Waals surface area (Å²) < 4.78 is 10.9. The fourth-order valence-electron chi connectivity index (χ4n) is 3.35. The largest absolute Gasteiger partial charge is 0.481 e. The van der Waals surface area contributed by atoms with E-state index in [-0.39, 0.29) is 18.6 Å². The van der Waals surface area contributed by atoms with Gasteiger partial charge in [0.2, 0.25) is 0 Å². The predicted octanol–water partition coefficient (Wildman–Crippen LogP) is 2.02. The van der Waals surface area contributed by atoms with Gasteiger partial charge in [-0.2, -0.15) is 0 Å². The maximum atomic E-state index is 13.0. The van der Waals surface area contributed by atoms with Crippen molar-refractivity contribution in [2.75, 3.05) is 26.4 Å². The van der Waals surface area contributed by atoms with Crippen LogP contribution in [0.2, 0.25) is 0 Å². The van der Waals surface area contributed by atoms with E-state index in [2.05, 4.69) is 0 Å². The first kappa shape index (κ1) is 16.8. The summed E-state index contributed by atoms with van der Waals surface area (Å²) in [5.41, 5.74) is 2.17. The molecule has 1 aromatic carbocycles. The summed E-state index contributed by atoms with van der Waals surface area (Å²) in [5, 5.41) is 8.76. The highest BCUT2D eigenvalue weighted by Gasteiger charge is 2.39.